The minimum Gasteiger partial charge on any atom is -0.375 e. The van der Waals surface area contributed by atoms with Crippen molar-refractivity contribution in [1.29, 1.82) is 5.26 Å². The fourth-order valence-electron chi connectivity index (χ4n) is 1.35. The molecule has 0 radical (unpaired) electrons. The number of carbonyl (C=O) groups is 1. The van der Waals surface area contributed by atoms with E-state index in [9.17, 15) is 18.0 Å². The van der Waals surface area contributed by atoms with Gasteiger partial charge in [0.2, 0.25) is 5.91 Å². The van der Waals surface area contributed by atoms with Crippen molar-refractivity contribution in [2.75, 3.05) is 18.4 Å². The van der Waals surface area contributed by atoms with E-state index in [0.717, 1.165) is 18.2 Å². The number of alkyl halides is 3. The summed E-state index contributed by atoms with van der Waals surface area (Å²) in [5.41, 5.74) is -0.961. The number of nitrogens with zero attached hydrogens (tertiary/aromatic N) is 1. The van der Waals surface area contributed by atoms with E-state index in [4.69, 9.17) is 11.7 Å². The Balaban J connectivity index is 2.80. The highest BCUT2D eigenvalue weighted by molar-refractivity contribution is 5.81. The molecule has 104 valence electrons. The molecular formula is C13H10F3N3O. The molecule has 1 aromatic rings. The summed E-state index contributed by atoms with van der Waals surface area (Å²) in [5.74, 6) is 1.78. The van der Waals surface area contributed by atoms with Gasteiger partial charge in [-0.3, -0.25) is 4.79 Å². The van der Waals surface area contributed by atoms with E-state index >= 15 is 0 Å². The molecule has 4 nitrogen and oxygen atoms in total. The third kappa shape index (κ3) is 4.21. The molecule has 0 spiro atoms. The van der Waals surface area contributed by atoms with Crippen molar-refractivity contribution in [1.82, 2.24) is 5.32 Å². The Morgan fingerprint density at radius 2 is 2.10 bits per heavy atom. The molecule has 0 heterocycles. The van der Waals surface area contributed by atoms with Crippen molar-refractivity contribution in [3.63, 3.8) is 0 Å². The summed E-state index contributed by atoms with van der Waals surface area (Å²) in [5, 5.41) is 13.8. The van der Waals surface area contributed by atoms with Crippen LogP contribution >= 0.6 is 0 Å². The van der Waals surface area contributed by atoms with E-state index in [1.54, 1.807) is 6.07 Å². The molecule has 0 atom stereocenters. The smallest absolute Gasteiger partial charge is 0.375 e. The van der Waals surface area contributed by atoms with Crippen LogP contribution in [0.2, 0.25) is 0 Å². The van der Waals surface area contributed by atoms with Gasteiger partial charge in [0, 0.05) is 0 Å². The Labute approximate surface area is 113 Å². The number of benzene rings is 1. The Bertz CT molecular complexity index is 582. The van der Waals surface area contributed by atoms with Gasteiger partial charge in [0.1, 0.15) is 6.07 Å². The first-order valence-electron chi connectivity index (χ1n) is 5.44. The third-order valence-corrected chi connectivity index (χ3v) is 2.29. The largest absolute Gasteiger partial charge is 0.416 e. The second-order valence-electron chi connectivity index (χ2n) is 3.70. The molecule has 0 aliphatic carbocycles. The second kappa shape index (κ2) is 6.48. The molecule has 0 aliphatic heterocycles. The lowest BCUT2D eigenvalue weighted by Gasteiger charge is -2.11. The number of hydrogen-bond acceptors (Lipinski definition) is 3. The van der Waals surface area contributed by atoms with Crippen LogP contribution in [0.1, 0.15) is 11.1 Å². The molecular weight excluding hydrogens is 271 g/mol. The summed E-state index contributed by atoms with van der Waals surface area (Å²) in [6.45, 7) is -0.139. The molecule has 0 saturated carbocycles. The predicted octanol–water partition coefficient (Wildman–Crippen LogP) is 1.74. The van der Waals surface area contributed by atoms with Gasteiger partial charge >= 0.3 is 6.18 Å². The lowest BCUT2D eigenvalue weighted by Crippen LogP contribution is -2.30. The summed E-state index contributed by atoms with van der Waals surface area (Å²) < 4.78 is 37.4. The standard InChI is InChI=1S/C13H10F3N3O/c1-2-5-18-12(20)8-19-11-4-3-10(13(14,15)16)6-9(11)7-17/h1,3-4,6,19H,5,8H2,(H,18,20). The van der Waals surface area contributed by atoms with Crippen LogP contribution in [0.15, 0.2) is 18.2 Å². The molecule has 0 bridgehead atoms. The van der Waals surface area contributed by atoms with Crippen LogP contribution in [-0.2, 0) is 11.0 Å². The molecule has 0 aromatic heterocycles. The van der Waals surface area contributed by atoms with Crippen LogP contribution in [0.5, 0.6) is 0 Å². The summed E-state index contributed by atoms with van der Waals surface area (Å²) in [7, 11) is 0. The lowest BCUT2D eigenvalue weighted by molar-refractivity contribution is -0.137. The number of rotatable bonds is 4. The average Bonchev–Trinajstić information content (AvgIpc) is 2.41. The molecule has 0 aliphatic rings. The van der Waals surface area contributed by atoms with E-state index < -0.39 is 17.6 Å². The van der Waals surface area contributed by atoms with Gasteiger partial charge in [0.15, 0.2) is 0 Å². The Hall–Kier alpha value is -2.67. The van der Waals surface area contributed by atoms with Gasteiger partial charge in [0.05, 0.1) is 29.9 Å². The average molecular weight is 281 g/mol. The van der Waals surface area contributed by atoms with Crippen molar-refractivity contribution in [2.45, 2.75) is 6.18 Å². The van der Waals surface area contributed by atoms with Crippen LogP contribution in [0.3, 0.4) is 0 Å². The van der Waals surface area contributed by atoms with E-state index in [1.165, 1.54) is 0 Å². The van der Waals surface area contributed by atoms with Crippen LogP contribution in [0.25, 0.3) is 0 Å². The molecule has 0 unspecified atom stereocenters. The summed E-state index contributed by atoms with van der Waals surface area (Å²) in [6, 6.07) is 4.32. The van der Waals surface area contributed by atoms with Crippen molar-refractivity contribution in [3.05, 3.63) is 29.3 Å². The van der Waals surface area contributed by atoms with Gasteiger partial charge in [-0.25, -0.2) is 0 Å². The van der Waals surface area contributed by atoms with Gasteiger partial charge in [-0.05, 0) is 18.2 Å². The van der Waals surface area contributed by atoms with Crippen molar-refractivity contribution in [2.24, 2.45) is 0 Å². The minimum atomic E-state index is -4.52. The fraction of sp³-hybridized carbons (Fsp3) is 0.231. The first kappa shape index (κ1) is 15.4. The molecule has 2 N–H and O–H groups in total. The zero-order chi connectivity index (χ0) is 15.2. The number of terminal acetylenes is 1. The molecule has 20 heavy (non-hydrogen) atoms. The Morgan fingerprint density at radius 1 is 1.40 bits per heavy atom. The van der Waals surface area contributed by atoms with E-state index in [-0.39, 0.29) is 24.3 Å². The zero-order valence-electron chi connectivity index (χ0n) is 10.2. The van der Waals surface area contributed by atoms with Gasteiger partial charge < -0.3 is 10.6 Å². The summed E-state index contributed by atoms with van der Waals surface area (Å²) >= 11 is 0. The maximum absolute atomic E-state index is 12.5. The molecule has 1 rings (SSSR count). The first-order valence-corrected chi connectivity index (χ1v) is 5.44. The van der Waals surface area contributed by atoms with E-state index in [2.05, 4.69) is 16.6 Å². The second-order valence-corrected chi connectivity index (χ2v) is 3.70. The van der Waals surface area contributed by atoms with Crippen LogP contribution in [0.4, 0.5) is 18.9 Å². The highest BCUT2D eigenvalue weighted by Crippen LogP contribution is 2.31. The van der Waals surface area contributed by atoms with Crippen LogP contribution < -0.4 is 10.6 Å². The molecule has 1 aromatic carbocycles. The Kier molecular flexibility index (Phi) is 4.99. The highest BCUT2D eigenvalue weighted by Gasteiger charge is 2.31. The van der Waals surface area contributed by atoms with Gasteiger partial charge in [-0.2, -0.15) is 18.4 Å². The number of nitrogens with one attached hydrogen (secondary N) is 2. The number of anilines is 1. The summed E-state index contributed by atoms with van der Waals surface area (Å²) in [6.07, 6.45) is 0.433. The number of carbonyl (C=O) groups excluding carboxylic acids is 1. The predicted molar refractivity (Wildman–Crippen MR) is 66.5 cm³/mol. The number of amides is 1. The first-order chi connectivity index (χ1) is 9.38. The third-order valence-electron chi connectivity index (χ3n) is 2.29. The topological polar surface area (TPSA) is 64.9 Å². The quantitative estimate of drug-likeness (QED) is 0.826. The van der Waals surface area contributed by atoms with Crippen molar-refractivity contribution in [3.8, 4) is 18.4 Å². The number of halogens is 3. The van der Waals surface area contributed by atoms with Gasteiger partial charge in [-0.15, -0.1) is 6.42 Å². The maximum atomic E-state index is 12.5. The molecule has 1 amide bonds. The van der Waals surface area contributed by atoms with Crippen molar-refractivity contribution >= 4 is 11.6 Å². The molecule has 7 heteroatoms. The number of nitriles is 1. The highest BCUT2D eigenvalue weighted by atomic mass is 19.4. The Morgan fingerprint density at radius 3 is 2.65 bits per heavy atom. The minimum absolute atomic E-state index is 0.0542. The van der Waals surface area contributed by atoms with Crippen LogP contribution in [-0.4, -0.2) is 19.0 Å². The SMILES string of the molecule is C#CCNC(=O)CNc1ccc(C(F)(F)F)cc1C#N. The monoisotopic (exact) mass is 281 g/mol. The molecule has 0 saturated heterocycles. The normalized spacial score (nSPS) is 10.2. The van der Waals surface area contributed by atoms with Gasteiger partial charge in [-0.1, -0.05) is 5.92 Å². The number of hydrogen-bond donors (Lipinski definition) is 2. The maximum Gasteiger partial charge on any atom is 0.416 e. The van der Waals surface area contributed by atoms with E-state index in [0.29, 0.717) is 0 Å². The lowest BCUT2D eigenvalue weighted by atomic mass is 10.1. The fourth-order valence-corrected chi connectivity index (χ4v) is 1.35. The zero-order valence-corrected chi connectivity index (χ0v) is 10.2. The van der Waals surface area contributed by atoms with Crippen molar-refractivity contribution < 1.29 is 18.0 Å². The van der Waals surface area contributed by atoms with Gasteiger partial charge in [0.25, 0.3) is 0 Å². The van der Waals surface area contributed by atoms with E-state index in [1.807, 2.05) is 0 Å². The summed E-state index contributed by atoms with van der Waals surface area (Å²) in [4.78, 5) is 11.3. The van der Waals surface area contributed by atoms with Crippen LogP contribution in [0, 0.1) is 23.7 Å². The molecule has 0 fully saturated rings.